The molecule has 176 valence electrons. The third-order valence-electron chi connectivity index (χ3n) is 8.12. The van der Waals surface area contributed by atoms with Crippen molar-refractivity contribution in [3.05, 3.63) is 85.0 Å². The molecule has 2 aliphatic carbocycles. The van der Waals surface area contributed by atoms with Crippen LogP contribution in [0.2, 0.25) is 0 Å². The average molecular weight is 455 g/mol. The molecule has 6 rings (SSSR count). The number of nitrogens with zero attached hydrogens (tertiary/aromatic N) is 4. The monoisotopic (exact) mass is 454 g/mol. The highest BCUT2D eigenvalue weighted by Gasteiger charge is 2.21. The van der Waals surface area contributed by atoms with E-state index in [1.54, 1.807) is 0 Å². The highest BCUT2D eigenvalue weighted by atomic mass is 15.1. The van der Waals surface area contributed by atoms with E-state index in [0.717, 1.165) is 13.1 Å². The normalized spacial score (nSPS) is 18.0. The highest BCUT2D eigenvalue weighted by Crippen LogP contribution is 2.28. The molecule has 2 saturated carbocycles. The highest BCUT2D eigenvalue weighted by molar-refractivity contribution is 5.83. The number of hydrogen-bond acceptors (Lipinski definition) is 0. The van der Waals surface area contributed by atoms with E-state index in [9.17, 15) is 0 Å². The molecule has 0 spiro atoms. The molecule has 2 aromatic heterocycles. The van der Waals surface area contributed by atoms with Crippen LogP contribution in [0, 0.1) is 0 Å². The quantitative estimate of drug-likeness (QED) is 0.312. The van der Waals surface area contributed by atoms with Gasteiger partial charge in [-0.2, -0.15) is 0 Å². The van der Waals surface area contributed by atoms with Crippen LogP contribution in [0.5, 0.6) is 0 Å². The third-order valence-corrected chi connectivity index (χ3v) is 8.12. The molecule has 2 aliphatic rings. The first-order valence-corrected chi connectivity index (χ1v) is 13.4. The standard InChI is InChI=1S/C30H38N4/c1-3-7-29(8-4-1)33-17-15-31(23-33)21-25-11-13-28-20-26(12-14-27(28)19-25)22-32-16-18-34(24-32)30-9-5-2-6-10-30/h11-20,23-24,29-30H,1-10,21-22H2/q+2. The minimum absolute atomic E-state index is 0.697. The fraction of sp³-hybridized carbons (Fsp3) is 0.467. The summed E-state index contributed by atoms with van der Waals surface area (Å²) in [5.41, 5.74) is 2.73. The second kappa shape index (κ2) is 9.77. The van der Waals surface area contributed by atoms with Crippen LogP contribution in [0.25, 0.3) is 10.8 Å². The van der Waals surface area contributed by atoms with Crippen molar-refractivity contribution in [2.24, 2.45) is 0 Å². The Kier molecular flexibility index (Phi) is 6.22. The molecule has 0 radical (unpaired) electrons. The molecule has 0 bridgehead atoms. The summed E-state index contributed by atoms with van der Waals surface area (Å²) < 4.78 is 9.53. The summed E-state index contributed by atoms with van der Waals surface area (Å²) in [6.45, 7) is 1.86. The Balaban J connectivity index is 1.13. The van der Waals surface area contributed by atoms with Crippen LogP contribution < -0.4 is 9.13 Å². The van der Waals surface area contributed by atoms with Crippen LogP contribution in [0.3, 0.4) is 0 Å². The first-order chi connectivity index (χ1) is 16.8. The van der Waals surface area contributed by atoms with E-state index in [1.165, 1.54) is 86.1 Å². The molecule has 0 amide bonds. The molecule has 4 nitrogen and oxygen atoms in total. The first-order valence-electron chi connectivity index (χ1n) is 13.4. The molecule has 0 atom stereocenters. The van der Waals surface area contributed by atoms with Gasteiger partial charge in [0.2, 0.25) is 12.7 Å². The van der Waals surface area contributed by atoms with Crippen LogP contribution in [0.1, 0.15) is 87.4 Å². The van der Waals surface area contributed by atoms with Crippen molar-refractivity contribution >= 4 is 10.8 Å². The van der Waals surface area contributed by atoms with Gasteiger partial charge >= 0.3 is 0 Å². The lowest BCUT2D eigenvalue weighted by Gasteiger charge is -2.18. The molecule has 0 saturated heterocycles. The van der Waals surface area contributed by atoms with E-state index in [1.807, 2.05) is 0 Å². The fourth-order valence-electron chi connectivity index (χ4n) is 6.16. The minimum Gasteiger partial charge on any atom is -0.234 e. The molecular weight excluding hydrogens is 416 g/mol. The fourth-order valence-corrected chi connectivity index (χ4v) is 6.16. The van der Waals surface area contributed by atoms with Crippen molar-refractivity contribution in [2.75, 3.05) is 0 Å². The zero-order valence-electron chi connectivity index (χ0n) is 20.4. The lowest BCUT2D eigenvalue weighted by molar-refractivity contribution is -0.688. The van der Waals surface area contributed by atoms with Gasteiger partial charge in [-0.3, -0.25) is 0 Å². The van der Waals surface area contributed by atoms with Crippen LogP contribution in [-0.2, 0) is 13.1 Å². The van der Waals surface area contributed by atoms with E-state index in [2.05, 4.69) is 92.1 Å². The van der Waals surface area contributed by atoms with Gasteiger partial charge in [-0.05, 0) is 85.4 Å². The summed E-state index contributed by atoms with van der Waals surface area (Å²) in [5.74, 6) is 0. The second-order valence-electron chi connectivity index (χ2n) is 10.7. The topological polar surface area (TPSA) is 17.6 Å². The number of hydrogen-bond donors (Lipinski definition) is 0. The van der Waals surface area contributed by atoms with Gasteiger partial charge in [0.1, 0.15) is 50.0 Å². The molecule has 2 fully saturated rings. The molecule has 4 heteroatoms. The number of rotatable bonds is 6. The van der Waals surface area contributed by atoms with E-state index in [0.29, 0.717) is 12.1 Å². The third kappa shape index (κ3) is 4.82. The Morgan fingerprint density at radius 3 is 1.47 bits per heavy atom. The van der Waals surface area contributed by atoms with Crippen LogP contribution in [0.4, 0.5) is 0 Å². The molecule has 0 N–H and O–H groups in total. The lowest BCUT2D eigenvalue weighted by atomic mass is 9.95. The Morgan fingerprint density at radius 1 is 0.588 bits per heavy atom. The van der Waals surface area contributed by atoms with Crippen molar-refractivity contribution in [3.63, 3.8) is 0 Å². The minimum atomic E-state index is 0.697. The lowest BCUT2D eigenvalue weighted by Crippen LogP contribution is -2.32. The molecule has 0 aliphatic heterocycles. The predicted octanol–water partition coefficient (Wildman–Crippen LogP) is 6.12. The predicted molar refractivity (Wildman–Crippen MR) is 136 cm³/mol. The van der Waals surface area contributed by atoms with E-state index in [-0.39, 0.29) is 0 Å². The number of fused-ring (bicyclic) bond motifs is 1. The van der Waals surface area contributed by atoms with E-state index in [4.69, 9.17) is 0 Å². The van der Waals surface area contributed by atoms with Crippen molar-refractivity contribution in [1.82, 2.24) is 9.13 Å². The number of benzene rings is 2. The SMILES string of the molecule is c1cc2cc(C[n+]3ccn(C4CCCCC4)c3)ccc2cc1C[n+]1ccn(C2CCCCC2)c1. The van der Waals surface area contributed by atoms with Crippen LogP contribution in [0.15, 0.2) is 73.8 Å². The number of aromatic nitrogens is 4. The van der Waals surface area contributed by atoms with Crippen molar-refractivity contribution < 1.29 is 9.13 Å². The molecule has 34 heavy (non-hydrogen) atoms. The first kappa shape index (κ1) is 21.6. The maximum absolute atomic E-state index is 2.44. The zero-order valence-corrected chi connectivity index (χ0v) is 20.4. The van der Waals surface area contributed by atoms with Gasteiger partial charge < -0.3 is 0 Å². The molecular formula is C30H38N4+2. The smallest absolute Gasteiger partial charge is 0.234 e. The molecule has 4 aromatic rings. The summed E-state index contributed by atoms with van der Waals surface area (Å²) in [5, 5.41) is 2.66. The van der Waals surface area contributed by atoms with E-state index >= 15 is 0 Å². The average Bonchev–Trinajstić information content (AvgIpc) is 3.55. The largest absolute Gasteiger partial charge is 0.244 e. The van der Waals surface area contributed by atoms with Gasteiger partial charge in [0, 0.05) is 0 Å². The van der Waals surface area contributed by atoms with Crippen molar-refractivity contribution in [1.29, 1.82) is 0 Å². The Bertz CT molecular complexity index is 1140. The van der Waals surface area contributed by atoms with Gasteiger partial charge in [-0.25, -0.2) is 18.3 Å². The van der Waals surface area contributed by atoms with Crippen molar-refractivity contribution in [3.8, 4) is 0 Å². The maximum atomic E-state index is 2.44. The van der Waals surface area contributed by atoms with Crippen LogP contribution in [-0.4, -0.2) is 9.13 Å². The summed E-state index contributed by atoms with van der Waals surface area (Å²) in [7, 11) is 0. The van der Waals surface area contributed by atoms with Gasteiger partial charge in [-0.15, -0.1) is 0 Å². The molecule has 2 heterocycles. The summed E-state index contributed by atoms with van der Waals surface area (Å²) in [4.78, 5) is 0. The Hall–Kier alpha value is -2.88. The Labute approximate surface area is 203 Å². The van der Waals surface area contributed by atoms with Crippen molar-refractivity contribution in [2.45, 2.75) is 89.4 Å². The summed E-state index contributed by atoms with van der Waals surface area (Å²) in [6.07, 6.45) is 27.2. The molecule has 2 aromatic carbocycles. The van der Waals surface area contributed by atoms with E-state index < -0.39 is 0 Å². The van der Waals surface area contributed by atoms with Gasteiger partial charge in [0.15, 0.2) is 0 Å². The van der Waals surface area contributed by atoms with Crippen LogP contribution >= 0.6 is 0 Å². The number of imidazole rings is 2. The van der Waals surface area contributed by atoms with Gasteiger partial charge in [0.25, 0.3) is 0 Å². The zero-order chi connectivity index (χ0) is 22.7. The van der Waals surface area contributed by atoms with Gasteiger partial charge in [0.05, 0.1) is 0 Å². The maximum Gasteiger partial charge on any atom is 0.244 e. The van der Waals surface area contributed by atoms with Gasteiger partial charge in [-0.1, -0.05) is 37.1 Å². The summed E-state index contributed by atoms with van der Waals surface area (Å²) in [6, 6.07) is 15.3. The summed E-state index contributed by atoms with van der Waals surface area (Å²) >= 11 is 0. The molecule has 0 unspecified atom stereocenters. The Morgan fingerprint density at radius 2 is 1.03 bits per heavy atom. The second-order valence-corrected chi connectivity index (χ2v) is 10.7.